The van der Waals surface area contributed by atoms with E-state index in [1.807, 2.05) is 36.4 Å². The highest BCUT2D eigenvalue weighted by atomic mass is 16.5. The number of carbonyl (C=O) groups is 3. The third kappa shape index (κ3) is 5.82. The van der Waals surface area contributed by atoms with Crippen molar-refractivity contribution in [2.45, 2.75) is 13.5 Å². The molecule has 2 amide bonds. The first-order valence-electron chi connectivity index (χ1n) is 9.71. The third-order valence-corrected chi connectivity index (χ3v) is 4.70. The van der Waals surface area contributed by atoms with Crippen molar-refractivity contribution in [3.05, 3.63) is 71.8 Å². The van der Waals surface area contributed by atoms with E-state index in [1.165, 1.54) is 17.9 Å². The van der Waals surface area contributed by atoms with Gasteiger partial charge in [-0.3, -0.25) is 9.59 Å². The number of hydrogen-bond acceptors (Lipinski definition) is 5. The summed E-state index contributed by atoms with van der Waals surface area (Å²) in [6, 6.07) is 18.1. The maximum atomic E-state index is 12.4. The number of amides is 2. The van der Waals surface area contributed by atoms with Crippen LogP contribution in [-0.2, 0) is 20.9 Å². The summed E-state index contributed by atoms with van der Waals surface area (Å²) < 4.78 is 10.4. The van der Waals surface area contributed by atoms with Crippen LogP contribution in [0, 0.1) is 0 Å². The largest absolute Gasteiger partial charge is 0.497 e. The van der Waals surface area contributed by atoms with Crippen LogP contribution in [0.1, 0.15) is 22.8 Å². The molecular formula is C24H24N2O5. The first-order valence-corrected chi connectivity index (χ1v) is 9.71. The van der Waals surface area contributed by atoms with Gasteiger partial charge in [0.25, 0.3) is 5.91 Å². The maximum absolute atomic E-state index is 12.4. The Balaban J connectivity index is 1.57. The zero-order valence-corrected chi connectivity index (χ0v) is 17.7. The van der Waals surface area contributed by atoms with Crippen molar-refractivity contribution in [1.29, 1.82) is 0 Å². The Morgan fingerprint density at radius 3 is 2.45 bits per heavy atom. The van der Waals surface area contributed by atoms with Crippen LogP contribution >= 0.6 is 0 Å². The standard InChI is InChI=1S/C24H24N2O5/c1-16(27)25-21-6-4-5-20(12-21)24(29)31-15-23(28)26(2)14-17-7-8-19-13-22(30-3)10-9-18(19)11-17/h4-13H,14-15H2,1-3H3,(H,25,27). The Kier molecular flexibility index (Phi) is 6.87. The van der Waals surface area contributed by atoms with Crippen molar-refractivity contribution in [1.82, 2.24) is 4.90 Å². The Bertz CT molecular complexity index is 1130. The minimum absolute atomic E-state index is 0.241. The molecule has 0 spiro atoms. The Morgan fingerprint density at radius 1 is 0.968 bits per heavy atom. The lowest BCUT2D eigenvalue weighted by molar-refractivity contribution is -0.133. The summed E-state index contributed by atoms with van der Waals surface area (Å²) >= 11 is 0. The fraction of sp³-hybridized carbons (Fsp3) is 0.208. The first-order chi connectivity index (χ1) is 14.9. The average Bonchev–Trinajstić information content (AvgIpc) is 2.76. The molecule has 0 fully saturated rings. The van der Waals surface area contributed by atoms with Gasteiger partial charge < -0.3 is 19.7 Å². The summed E-state index contributed by atoms with van der Waals surface area (Å²) in [5.41, 5.74) is 1.70. The molecule has 160 valence electrons. The van der Waals surface area contributed by atoms with E-state index in [-0.39, 0.29) is 24.0 Å². The Hall–Kier alpha value is -3.87. The molecule has 3 aromatic carbocycles. The van der Waals surface area contributed by atoms with Gasteiger partial charge >= 0.3 is 5.97 Å². The van der Waals surface area contributed by atoms with Gasteiger partial charge in [0, 0.05) is 26.2 Å². The molecule has 0 bridgehead atoms. The summed E-state index contributed by atoms with van der Waals surface area (Å²) in [5, 5.41) is 4.70. The SMILES string of the molecule is COc1ccc2cc(CN(C)C(=O)COC(=O)c3cccc(NC(C)=O)c3)ccc2c1. The molecule has 0 heterocycles. The molecule has 1 N–H and O–H groups in total. The summed E-state index contributed by atoms with van der Waals surface area (Å²) in [4.78, 5) is 37.3. The second kappa shape index (κ2) is 9.75. The van der Waals surface area contributed by atoms with Crippen LogP contribution in [-0.4, -0.2) is 43.4 Å². The van der Waals surface area contributed by atoms with Crippen molar-refractivity contribution in [2.24, 2.45) is 0 Å². The van der Waals surface area contributed by atoms with Gasteiger partial charge in [0.05, 0.1) is 12.7 Å². The molecule has 7 nitrogen and oxygen atoms in total. The van der Waals surface area contributed by atoms with E-state index < -0.39 is 5.97 Å². The number of nitrogens with one attached hydrogen (secondary N) is 1. The lowest BCUT2D eigenvalue weighted by Crippen LogP contribution is -2.30. The topological polar surface area (TPSA) is 84.9 Å². The van der Waals surface area contributed by atoms with E-state index in [0.29, 0.717) is 12.2 Å². The van der Waals surface area contributed by atoms with Gasteiger partial charge in [0.15, 0.2) is 6.61 Å². The summed E-state index contributed by atoms with van der Waals surface area (Å²) in [5.74, 6) is -0.401. The Morgan fingerprint density at radius 2 is 1.71 bits per heavy atom. The predicted molar refractivity (Wildman–Crippen MR) is 118 cm³/mol. The van der Waals surface area contributed by atoms with E-state index in [4.69, 9.17) is 9.47 Å². The quantitative estimate of drug-likeness (QED) is 0.590. The average molecular weight is 420 g/mol. The number of ether oxygens (including phenoxy) is 2. The number of carbonyl (C=O) groups excluding carboxylic acids is 3. The zero-order chi connectivity index (χ0) is 22.4. The number of likely N-dealkylation sites (N-methyl/N-ethyl adjacent to an activating group) is 1. The van der Waals surface area contributed by atoms with Gasteiger partial charge in [-0.25, -0.2) is 4.79 Å². The van der Waals surface area contributed by atoms with Crippen LogP contribution in [0.5, 0.6) is 5.75 Å². The van der Waals surface area contributed by atoms with Crippen LogP contribution in [0.4, 0.5) is 5.69 Å². The molecule has 0 aliphatic carbocycles. The maximum Gasteiger partial charge on any atom is 0.338 e. The van der Waals surface area contributed by atoms with Crippen LogP contribution in [0.3, 0.4) is 0 Å². The second-order valence-electron chi connectivity index (χ2n) is 7.14. The van der Waals surface area contributed by atoms with Crippen LogP contribution in [0.15, 0.2) is 60.7 Å². The smallest absolute Gasteiger partial charge is 0.338 e. The highest BCUT2D eigenvalue weighted by Crippen LogP contribution is 2.22. The van der Waals surface area contributed by atoms with Crippen LogP contribution in [0.2, 0.25) is 0 Å². The minimum atomic E-state index is -0.631. The monoisotopic (exact) mass is 420 g/mol. The summed E-state index contributed by atoms with van der Waals surface area (Å²) in [7, 11) is 3.29. The van der Waals surface area contributed by atoms with Crippen molar-refractivity contribution >= 4 is 34.2 Å². The van der Waals surface area contributed by atoms with E-state index in [1.54, 1.807) is 32.4 Å². The molecule has 0 unspecified atom stereocenters. The summed E-state index contributed by atoms with van der Waals surface area (Å²) in [6.45, 7) is 1.40. The van der Waals surface area contributed by atoms with Gasteiger partial charge in [0.2, 0.25) is 5.91 Å². The lowest BCUT2D eigenvalue weighted by Gasteiger charge is -2.18. The molecule has 3 aromatic rings. The first kappa shape index (κ1) is 21.8. The van der Waals surface area contributed by atoms with Crippen LogP contribution in [0.25, 0.3) is 10.8 Å². The number of methoxy groups -OCH3 is 1. The van der Waals surface area contributed by atoms with Gasteiger partial charge in [0.1, 0.15) is 5.75 Å². The zero-order valence-electron chi connectivity index (χ0n) is 17.7. The molecule has 0 aliphatic rings. The molecule has 7 heteroatoms. The highest BCUT2D eigenvalue weighted by molar-refractivity contribution is 5.94. The van der Waals surface area contributed by atoms with Gasteiger partial charge in [-0.05, 0) is 52.7 Å². The number of anilines is 1. The molecular weight excluding hydrogens is 396 g/mol. The Labute approximate surface area is 180 Å². The van der Waals surface area contributed by atoms with Gasteiger partial charge in [-0.1, -0.05) is 24.3 Å². The lowest BCUT2D eigenvalue weighted by atomic mass is 10.1. The van der Waals surface area contributed by atoms with Crippen LogP contribution < -0.4 is 10.1 Å². The molecule has 0 saturated heterocycles. The summed E-state index contributed by atoms with van der Waals surface area (Å²) in [6.07, 6.45) is 0. The van der Waals surface area contributed by atoms with E-state index in [9.17, 15) is 14.4 Å². The van der Waals surface area contributed by atoms with Crippen molar-refractivity contribution in [2.75, 3.05) is 26.1 Å². The third-order valence-electron chi connectivity index (χ3n) is 4.70. The van der Waals surface area contributed by atoms with E-state index in [0.717, 1.165) is 22.1 Å². The van der Waals surface area contributed by atoms with Crippen molar-refractivity contribution < 1.29 is 23.9 Å². The van der Waals surface area contributed by atoms with Crippen molar-refractivity contribution in [3.8, 4) is 5.75 Å². The highest BCUT2D eigenvalue weighted by Gasteiger charge is 2.15. The number of rotatable bonds is 7. The number of nitrogens with zero attached hydrogens (tertiary/aromatic N) is 1. The van der Waals surface area contributed by atoms with Crippen molar-refractivity contribution in [3.63, 3.8) is 0 Å². The number of esters is 1. The number of fused-ring (bicyclic) bond motifs is 1. The molecule has 0 aromatic heterocycles. The predicted octanol–water partition coefficient (Wildman–Crippen LogP) is 3.62. The minimum Gasteiger partial charge on any atom is -0.497 e. The van der Waals surface area contributed by atoms with Gasteiger partial charge in [-0.2, -0.15) is 0 Å². The fourth-order valence-corrected chi connectivity index (χ4v) is 3.11. The number of benzene rings is 3. The van der Waals surface area contributed by atoms with E-state index in [2.05, 4.69) is 5.32 Å². The fourth-order valence-electron chi connectivity index (χ4n) is 3.11. The molecule has 3 rings (SSSR count). The van der Waals surface area contributed by atoms with Gasteiger partial charge in [-0.15, -0.1) is 0 Å². The number of hydrogen-bond donors (Lipinski definition) is 1. The molecule has 0 radical (unpaired) electrons. The molecule has 31 heavy (non-hydrogen) atoms. The molecule has 0 saturated carbocycles. The second-order valence-corrected chi connectivity index (χ2v) is 7.14. The molecule has 0 atom stereocenters. The normalized spacial score (nSPS) is 10.4. The van der Waals surface area contributed by atoms with E-state index >= 15 is 0 Å². The molecule has 0 aliphatic heterocycles.